The van der Waals surface area contributed by atoms with Gasteiger partial charge in [0.25, 0.3) is 17.5 Å². The highest BCUT2D eigenvalue weighted by atomic mass is 16.8. The van der Waals surface area contributed by atoms with E-state index in [0.717, 1.165) is 22.3 Å². The van der Waals surface area contributed by atoms with E-state index in [1.807, 2.05) is 24.3 Å². The molecule has 1 saturated heterocycles. The standard InChI is InChI=1S/C35H36N4O10/c1-22(48-35(44)49-38-32(41)16-17-33(38)42)28-19-23(14-15-30(28)39(45)46)20-37-31(40)13-3-2-8-18-36-34(43)47-21-29-26-11-6-4-9-24(26)25-10-5-7-12-27(25)29/h4-7,9-12,14-15,19,22,29H,2-3,8,13,16-18,20-21H2,1H3,(H,36,43)(H,37,40). The number of amides is 4. The van der Waals surface area contributed by atoms with Crippen molar-refractivity contribution in [2.45, 2.75) is 64.0 Å². The van der Waals surface area contributed by atoms with Crippen molar-refractivity contribution >= 4 is 35.7 Å². The number of carbonyl (C=O) groups is 5. The molecule has 1 aliphatic carbocycles. The number of nitro benzene ring substituents is 1. The molecule has 0 aromatic heterocycles. The van der Waals surface area contributed by atoms with Crippen LogP contribution >= 0.6 is 0 Å². The van der Waals surface area contributed by atoms with E-state index in [4.69, 9.17) is 9.47 Å². The van der Waals surface area contributed by atoms with Gasteiger partial charge in [-0.15, -0.1) is 0 Å². The maximum Gasteiger partial charge on any atom is 0.534 e. The number of ether oxygens (including phenoxy) is 2. The molecule has 14 nitrogen and oxygen atoms in total. The minimum absolute atomic E-state index is 0.0180. The van der Waals surface area contributed by atoms with Crippen molar-refractivity contribution in [3.05, 3.63) is 99.1 Å². The SMILES string of the molecule is CC(OC(=O)ON1C(=O)CCC1=O)c1cc(CNC(=O)CCCCCNC(=O)OCC2c3ccccc3-c3ccccc32)ccc1[N+](=O)[O-]. The quantitative estimate of drug-likeness (QED) is 0.0720. The summed E-state index contributed by atoms with van der Waals surface area (Å²) in [5.74, 6) is -1.63. The van der Waals surface area contributed by atoms with E-state index in [9.17, 15) is 34.1 Å². The van der Waals surface area contributed by atoms with Gasteiger partial charge in [-0.1, -0.05) is 66.1 Å². The molecule has 1 heterocycles. The van der Waals surface area contributed by atoms with Crippen LogP contribution in [-0.2, 0) is 35.2 Å². The molecule has 4 amide bonds. The van der Waals surface area contributed by atoms with Crippen LogP contribution in [0.3, 0.4) is 0 Å². The second-order valence-electron chi connectivity index (χ2n) is 11.7. The Balaban J connectivity index is 0.997. The van der Waals surface area contributed by atoms with E-state index in [0.29, 0.717) is 36.4 Å². The summed E-state index contributed by atoms with van der Waals surface area (Å²) in [6.45, 7) is 2.09. The average molecular weight is 673 g/mol. The first-order chi connectivity index (χ1) is 23.6. The van der Waals surface area contributed by atoms with Gasteiger partial charge in [0, 0.05) is 44.3 Å². The first-order valence-corrected chi connectivity index (χ1v) is 16.0. The van der Waals surface area contributed by atoms with Crippen molar-refractivity contribution in [2.24, 2.45) is 0 Å². The maximum atomic E-state index is 12.4. The summed E-state index contributed by atoms with van der Waals surface area (Å²) in [6, 6.07) is 20.4. The van der Waals surface area contributed by atoms with Crippen molar-refractivity contribution in [2.75, 3.05) is 13.2 Å². The zero-order valence-electron chi connectivity index (χ0n) is 26.8. The Morgan fingerprint density at radius 1 is 0.918 bits per heavy atom. The molecule has 0 saturated carbocycles. The van der Waals surface area contributed by atoms with E-state index in [-0.39, 0.29) is 55.5 Å². The molecule has 1 unspecified atom stereocenters. The zero-order chi connectivity index (χ0) is 34.9. The minimum Gasteiger partial charge on any atom is -0.449 e. The minimum atomic E-state index is -1.36. The average Bonchev–Trinajstić information content (AvgIpc) is 3.59. The van der Waals surface area contributed by atoms with Crippen LogP contribution in [0.5, 0.6) is 0 Å². The molecule has 0 radical (unpaired) electrons. The Labute approximate surface area is 281 Å². The Morgan fingerprint density at radius 3 is 2.22 bits per heavy atom. The maximum absolute atomic E-state index is 12.4. The Hall–Kier alpha value is -5.79. The van der Waals surface area contributed by atoms with Crippen molar-refractivity contribution in [3.63, 3.8) is 0 Å². The van der Waals surface area contributed by atoms with E-state index >= 15 is 0 Å². The highest BCUT2D eigenvalue weighted by Gasteiger charge is 2.34. The lowest BCUT2D eigenvalue weighted by molar-refractivity contribution is -0.386. The topological polar surface area (TPSA) is 183 Å². The number of nitrogens with one attached hydrogen (secondary N) is 2. The van der Waals surface area contributed by atoms with Crippen molar-refractivity contribution in [1.29, 1.82) is 0 Å². The largest absolute Gasteiger partial charge is 0.534 e. The van der Waals surface area contributed by atoms with Crippen LogP contribution in [0.2, 0.25) is 0 Å². The lowest BCUT2D eigenvalue weighted by Gasteiger charge is -2.17. The third-order valence-corrected chi connectivity index (χ3v) is 8.35. The summed E-state index contributed by atoms with van der Waals surface area (Å²) < 4.78 is 10.6. The summed E-state index contributed by atoms with van der Waals surface area (Å²) in [7, 11) is 0. The number of unbranched alkanes of at least 4 members (excludes halogenated alkanes) is 2. The predicted molar refractivity (Wildman–Crippen MR) is 174 cm³/mol. The van der Waals surface area contributed by atoms with Crippen molar-refractivity contribution in [1.82, 2.24) is 15.7 Å². The zero-order valence-corrected chi connectivity index (χ0v) is 26.8. The first-order valence-electron chi connectivity index (χ1n) is 16.0. The molecule has 1 fully saturated rings. The molecule has 49 heavy (non-hydrogen) atoms. The molecular formula is C35H36N4O10. The van der Waals surface area contributed by atoms with Gasteiger partial charge in [-0.05, 0) is 53.6 Å². The van der Waals surface area contributed by atoms with E-state index in [1.165, 1.54) is 25.1 Å². The smallest absolute Gasteiger partial charge is 0.449 e. The number of benzene rings is 3. The molecule has 1 aliphatic heterocycles. The molecule has 5 rings (SSSR count). The first kappa shape index (κ1) is 34.5. The lowest BCUT2D eigenvalue weighted by atomic mass is 9.98. The molecule has 256 valence electrons. The number of alkyl carbamates (subject to hydrolysis) is 1. The lowest BCUT2D eigenvalue weighted by Crippen LogP contribution is -2.32. The third kappa shape index (κ3) is 8.58. The van der Waals surface area contributed by atoms with Crippen molar-refractivity contribution < 1.29 is 43.2 Å². The van der Waals surface area contributed by atoms with Gasteiger partial charge >= 0.3 is 12.2 Å². The van der Waals surface area contributed by atoms with Crippen LogP contribution in [-0.4, -0.2) is 53.1 Å². The molecule has 14 heteroatoms. The highest BCUT2D eigenvalue weighted by molar-refractivity contribution is 6.01. The fraction of sp³-hybridized carbons (Fsp3) is 0.343. The molecule has 0 spiro atoms. The monoisotopic (exact) mass is 672 g/mol. The molecule has 2 aliphatic rings. The van der Waals surface area contributed by atoms with Gasteiger partial charge in [0.1, 0.15) is 12.7 Å². The number of imide groups is 1. The number of hydrogen-bond acceptors (Lipinski definition) is 10. The number of hydroxylamine groups is 2. The number of nitro groups is 1. The van der Waals surface area contributed by atoms with Gasteiger partial charge in [0.15, 0.2) is 0 Å². The van der Waals surface area contributed by atoms with Gasteiger partial charge < -0.3 is 20.1 Å². The third-order valence-electron chi connectivity index (χ3n) is 8.35. The van der Waals surface area contributed by atoms with Crippen LogP contribution in [0.1, 0.15) is 79.7 Å². The van der Waals surface area contributed by atoms with Crippen LogP contribution in [0.25, 0.3) is 11.1 Å². The van der Waals surface area contributed by atoms with Gasteiger partial charge in [-0.2, -0.15) is 0 Å². The van der Waals surface area contributed by atoms with E-state index in [2.05, 4.69) is 39.7 Å². The Kier molecular flexibility index (Phi) is 11.2. The molecule has 0 bridgehead atoms. The van der Waals surface area contributed by atoms with Gasteiger partial charge in [0.05, 0.1) is 10.5 Å². The fourth-order valence-corrected chi connectivity index (χ4v) is 5.88. The van der Waals surface area contributed by atoms with Crippen LogP contribution in [0, 0.1) is 10.1 Å². The fourth-order valence-electron chi connectivity index (χ4n) is 5.88. The second kappa shape index (κ2) is 15.9. The van der Waals surface area contributed by atoms with Crippen LogP contribution < -0.4 is 10.6 Å². The van der Waals surface area contributed by atoms with Crippen molar-refractivity contribution in [3.8, 4) is 11.1 Å². The highest BCUT2D eigenvalue weighted by Crippen LogP contribution is 2.44. The molecule has 1 atom stereocenters. The number of hydrogen-bond donors (Lipinski definition) is 2. The predicted octanol–water partition coefficient (Wildman–Crippen LogP) is 5.59. The molecule has 3 aromatic rings. The van der Waals surface area contributed by atoms with Gasteiger partial charge in [0.2, 0.25) is 5.91 Å². The Morgan fingerprint density at radius 2 is 1.57 bits per heavy atom. The molecular weight excluding hydrogens is 636 g/mol. The number of nitrogens with zero attached hydrogens (tertiary/aromatic N) is 2. The number of carbonyl (C=O) groups excluding carboxylic acids is 5. The van der Waals surface area contributed by atoms with Crippen LogP contribution in [0.15, 0.2) is 66.7 Å². The molecule has 3 aromatic carbocycles. The summed E-state index contributed by atoms with van der Waals surface area (Å²) in [5.41, 5.74) is 4.83. The van der Waals surface area contributed by atoms with E-state index < -0.39 is 35.1 Å². The summed E-state index contributed by atoms with van der Waals surface area (Å²) in [6.07, 6.45) is -1.04. The summed E-state index contributed by atoms with van der Waals surface area (Å²) >= 11 is 0. The Bertz CT molecular complexity index is 1700. The number of rotatable bonds is 14. The molecule has 2 N–H and O–H groups in total. The summed E-state index contributed by atoms with van der Waals surface area (Å²) in [5, 5.41) is 17.4. The van der Waals surface area contributed by atoms with E-state index in [1.54, 1.807) is 0 Å². The second-order valence-corrected chi connectivity index (χ2v) is 11.7. The van der Waals surface area contributed by atoms with Gasteiger partial charge in [-0.3, -0.25) is 29.3 Å². The summed E-state index contributed by atoms with van der Waals surface area (Å²) in [4.78, 5) is 76.0. The number of fused-ring (bicyclic) bond motifs is 3. The van der Waals surface area contributed by atoms with Gasteiger partial charge in [-0.25, -0.2) is 9.59 Å². The van der Waals surface area contributed by atoms with Crippen LogP contribution in [0.4, 0.5) is 15.3 Å². The normalized spacial score (nSPS) is 14.1.